The summed E-state index contributed by atoms with van der Waals surface area (Å²) < 4.78 is 20.1. The molecule has 0 atom stereocenters. The van der Waals surface area contributed by atoms with Gasteiger partial charge in [-0.15, -0.1) is 0 Å². The molecular weight excluding hydrogens is 148 g/mol. The molecule has 0 amide bonds. The van der Waals surface area contributed by atoms with Crippen molar-refractivity contribution in [2.75, 3.05) is 5.75 Å². The lowest BCUT2D eigenvalue weighted by molar-refractivity contribution is 0.601. The summed E-state index contributed by atoms with van der Waals surface area (Å²) in [6, 6.07) is 0. The summed E-state index contributed by atoms with van der Waals surface area (Å²) in [7, 11) is -3.49. The van der Waals surface area contributed by atoms with E-state index in [-0.39, 0.29) is 4.99 Å². The van der Waals surface area contributed by atoms with Crippen molar-refractivity contribution in [2.45, 2.75) is 0 Å². The minimum atomic E-state index is -3.49. The molecule has 0 rings (SSSR count). The first kappa shape index (κ1) is 7.80. The highest BCUT2D eigenvalue weighted by molar-refractivity contribution is 7.92. The van der Waals surface area contributed by atoms with Crippen LogP contribution in [-0.2, 0) is 10.0 Å². The minimum Gasteiger partial charge on any atom is -0.392 e. The van der Waals surface area contributed by atoms with E-state index in [1.165, 1.54) is 0 Å². The monoisotopic (exact) mass is 154 g/mol. The Morgan fingerprint density at radius 3 is 2.00 bits per heavy atom. The van der Waals surface area contributed by atoms with Crippen LogP contribution in [0.25, 0.3) is 0 Å². The van der Waals surface area contributed by atoms with E-state index in [4.69, 9.17) is 5.73 Å². The molecule has 0 unspecified atom stereocenters. The fourth-order valence-electron chi connectivity index (χ4n) is 0.198. The van der Waals surface area contributed by atoms with Gasteiger partial charge in [0.25, 0.3) is 0 Å². The van der Waals surface area contributed by atoms with Gasteiger partial charge in [0.15, 0.2) is 0 Å². The zero-order chi connectivity index (χ0) is 6.78. The maximum absolute atomic E-state index is 10.1. The first-order chi connectivity index (χ1) is 3.42. The van der Waals surface area contributed by atoms with Gasteiger partial charge in [-0.2, -0.15) is 0 Å². The van der Waals surface area contributed by atoms with E-state index in [1.807, 2.05) is 0 Å². The fourth-order valence-corrected chi connectivity index (χ4v) is 1.09. The van der Waals surface area contributed by atoms with E-state index >= 15 is 0 Å². The van der Waals surface area contributed by atoms with Crippen LogP contribution in [0.2, 0.25) is 0 Å². The van der Waals surface area contributed by atoms with Gasteiger partial charge in [0.1, 0.15) is 5.75 Å². The molecule has 4 nitrogen and oxygen atoms in total. The van der Waals surface area contributed by atoms with Crippen molar-refractivity contribution in [3.63, 3.8) is 0 Å². The third-order valence-electron chi connectivity index (χ3n) is 0.343. The molecule has 0 aromatic rings. The van der Waals surface area contributed by atoms with Crippen LogP contribution >= 0.6 is 12.2 Å². The number of primary sulfonamides is 1. The summed E-state index contributed by atoms with van der Waals surface area (Å²) in [6.07, 6.45) is 0. The van der Waals surface area contributed by atoms with Crippen LogP contribution in [0.4, 0.5) is 0 Å². The fraction of sp³-hybridized carbons (Fsp3) is 0.500. The van der Waals surface area contributed by atoms with Crippen molar-refractivity contribution >= 4 is 27.2 Å². The molecule has 0 fully saturated rings. The molecule has 0 aliphatic carbocycles. The molecule has 0 heterocycles. The van der Waals surface area contributed by atoms with Crippen molar-refractivity contribution in [3.8, 4) is 0 Å². The lowest BCUT2D eigenvalue weighted by Gasteiger charge is -1.90. The number of hydrogen-bond acceptors (Lipinski definition) is 3. The van der Waals surface area contributed by atoms with Crippen LogP contribution in [0, 0.1) is 0 Å². The predicted molar refractivity (Wildman–Crippen MR) is 34.8 cm³/mol. The highest BCUT2D eigenvalue weighted by atomic mass is 32.2. The second-order valence-corrected chi connectivity index (χ2v) is 3.41. The molecule has 0 spiro atoms. The number of hydrogen-bond donors (Lipinski definition) is 2. The zero-order valence-corrected chi connectivity index (χ0v) is 5.63. The van der Waals surface area contributed by atoms with Gasteiger partial charge >= 0.3 is 0 Å². The molecule has 48 valence electrons. The largest absolute Gasteiger partial charge is 0.392 e. The standard InChI is InChI=1S/C2H6N2O2S2/c3-2(7)1-8(4,5)6/h1H2,(H2,3,7)(H2,4,5,6). The van der Waals surface area contributed by atoms with Crippen LogP contribution in [0.15, 0.2) is 0 Å². The number of nitrogens with two attached hydrogens (primary N) is 2. The average molecular weight is 154 g/mol. The summed E-state index contributed by atoms with van der Waals surface area (Å²) in [6.45, 7) is 0. The lowest BCUT2D eigenvalue weighted by atomic mass is 10.8. The normalized spacial score (nSPS) is 11.1. The lowest BCUT2D eigenvalue weighted by Crippen LogP contribution is -2.26. The average Bonchev–Trinajstić information content (AvgIpc) is 1.21. The predicted octanol–water partition coefficient (Wildman–Crippen LogP) is -1.44. The topological polar surface area (TPSA) is 86.2 Å². The highest BCUT2D eigenvalue weighted by Crippen LogP contribution is 1.74. The Balaban J connectivity index is 3.95. The summed E-state index contributed by atoms with van der Waals surface area (Å²) in [5.41, 5.74) is 4.85. The van der Waals surface area contributed by atoms with Crippen LogP contribution < -0.4 is 10.9 Å². The maximum atomic E-state index is 10.1. The molecule has 0 aromatic carbocycles. The Kier molecular flexibility index (Phi) is 2.32. The molecule has 0 aliphatic heterocycles. The molecule has 0 radical (unpaired) electrons. The van der Waals surface area contributed by atoms with Crippen LogP contribution in [0.3, 0.4) is 0 Å². The van der Waals surface area contributed by atoms with Crippen molar-refractivity contribution in [2.24, 2.45) is 10.9 Å². The minimum absolute atomic E-state index is 0.104. The molecule has 4 N–H and O–H groups in total. The molecule has 0 saturated carbocycles. The molecule has 8 heavy (non-hydrogen) atoms. The molecule has 0 saturated heterocycles. The molecule has 0 aliphatic rings. The second-order valence-electron chi connectivity index (χ2n) is 1.27. The first-order valence-electron chi connectivity index (χ1n) is 1.70. The van der Waals surface area contributed by atoms with Crippen LogP contribution in [0.5, 0.6) is 0 Å². The van der Waals surface area contributed by atoms with E-state index in [1.54, 1.807) is 0 Å². The second kappa shape index (κ2) is 2.38. The van der Waals surface area contributed by atoms with E-state index in [0.717, 1.165) is 0 Å². The Labute approximate surface area is 52.9 Å². The van der Waals surface area contributed by atoms with E-state index < -0.39 is 15.8 Å². The number of thiocarbonyl (C=S) groups is 1. The first-order valence-corrected chi connectivity index (χ1v) is 3.83. The SMILES string of the molecule is NC(=S)CS(N)(=O)=O. The van der Waals surface area contributed by atoms with Gasteiger partial charge in [-0.3, -0.25) is 0 Å². The molecule has 6 heteroatoms. The number of sulfonamides is 1. The summed E-state index contributed by atoms with van der Waals surface area (Å²) in [4.78, 5) is -0.104. The van der Waals surface area contributed by atoms with Gasteiger partial charge in [-0.25, -0.2) is 13.6 Å². The third-order valence-corrected chi connectivity index (χ3v) is 1.38. The summed E-state index contributed by atoms with van der Waals surface area (Å²) in [5.74, 6) is -0.414. The molecule has 0 bridgehead atoms. The van der Waals surface area contributed by atoms with Crippen molar-refractivity contribution < 1.29 is 8.42 Å². The molecular formula is C2H6N2O2S2. The van der Waals surface area contributed by atoms with Crippen LogP contribution in [-0.4, -0.2) is 19.2 Å². The smallest absolute Gasteiger partial charge is 0.215 e. The Morgan fingerprint density at radius 2 is 2.00 bits per heavy atom. The van der Waals surface area contributed by atoms with Gasteiger partial charge < -0.3 is 5.73 Å². The van der Waals surface area contributed by atoms with Gasteiger partial charge in [-0.1, -0.05) is 12.2 Å². The molecule has 0 aromatic heterocycles. The van der Waals surface area contributed by atoms with E-state index in [0.29, 0.717) is 0 Å². The van der Waals surface area contributed by atoms with Gasteiger partial charge in [0, 0.05) is 0 Å². The summed E-state index contributed by atoms with van der Waals surface area (Å²) >= 11 is 4.26. The maximum Gasteiger partial charge on any atom is 0.215 e. The van der Waals surface area contributed by atoms with E-state index in [2.05, 4.69) is 17.4 Å². The van der Waals surface area contributed by atoms with E-state index in [9.17, 15) is 8.42 Å². The summed E-state index contributed by atoms with van der Waals surface area (Å²) in [5, 5.41) is 4.54. The van der Waals surface area contributed by atoms with Crippen molar-refractivity contribution in [1.82, 2.24) is 0 Å². The Bertz CT molecular complexity index is 182. The Hall–Kier alpha value is -0.200. The van der Waals surface area contributed by atoms with Gasteiger partial charge in [0.2, 0.25) is 10.0 Å². The third kappa shape index (κ3) is 5.80. The van der Waals surface area contributed by atoms with Crippen LogP contribution in [0.1, 0.15) is 0 Å². The van der Waals surface area contributed by atoms with Crippen molar-refractivity contribution in [3.05, 3.63) is 0 Å². The number of rotatable bonds is 2. The highest BCUT2D eigenvalue weighted by Gasteiger charge is 2.02. The zero-order valence-electron chi connectivity index (χ0n) is 3.99. The van der Waals surface area contributed by atoms with Gasteiger partial charge in [-0.05, 0) is 0 Å². The van der Waals surface area contributed by atoms with Gasteiger partial charge in [0.05, 0.1) is 4.99 Å². The quantitative estimate of drug-likeness (QED) is 0.477. The van der Waals surface area contributed by atoms with Crippen molar-refractivity contribution in [1.29, 1.82) is 0 Å². The Morgan fingerprint density at radius 1 is 1.62 bits per heavy atom.